The molecule has 2 unspecified atom stereocenters. The number of nitrogens with two attached hydrogens (primary N) is 1. The van der Waals surface area contributed by atoms with E-state index in [4.69, 9.17) is 10.3 Å². The summed E-state index contributed by atoms with van der Waals surface area (Å²) in [5.41, 5.74) is 5.68. The van der Waals surface area contributed by atoms with Crippen LogP contribution in [-0.4, -0.2) is 34.2 Å². The van der Waals surface area contributed by atoms with Gasteiger partial charge in [-0.15, -0.1) is 0 Å². The van der Waals surface area contributed by atoms with Crippen LogP contribution in [0.25, 0.3) is 0 Å². The predicted molar refractivity (Wildman–Crippen MR) is 70.0 cm³/mol. The molecular weight excluding hydrogens is 228 g/mol. The van der Waals surface area contributed by atoms with Crippen molar-refractivity contribution in [1.82, 2.24) is 15.0 Å². The molecule has 0 saturated carbocycles. The molecule has 1 aromatic rings. The monoisotopic (exact) mass is 252 g/mol. The lowest BCUT2D eigenvalue weighted by atomic mass is 9.96. The van der Waals surface area contributed by atoms with E-state index in [1.54, 1.807) is 0 Å². The topological polar surface area (TPSA) is 68.2 Å². The number of rotatable bonds is 3. The van der Waals surface area contributed by atoms with E-state index in [0.29, 0.717) is 17.9 Å². The first-order chi connectivity index (χ1) is 8.40. The maximum Gasteiger partial charge on any atom is 0.240 e. The van der Waals surface area contributed by atoms with Crippen LogP contribution in [0.2, 0.25) is 0 Å². The third kappa shape index (κ3) is 2.90. The van der Waals surface area contributed by atoms with Gasteiger partial charge in [-0.1, -0.05) is 25.9 Å². The van der Waals surface area contributed by atoms with Gasteiger partial charge in [0.2, 0.25) is 5.89 Å². The van der Waals surface area contributed by atoms with Gasteiger partial charge in [0, 0.05) is 18.0 Å². The van der Waals surface area contributed by atoms with Crippen molar-refractivity contribution in [1.29, 1.82) is 0 Å². The highest BCUT2D eigenvalue weighted by Crippen LogP contribution is 2.24. The molecule has 0 bridgehead atoms. The summed E-state index contributed by atoms with van der Waals surface area (Å²) < 4.78 is 5.34. The van der Waals surface area contributed by atoms with Crippen molar-refractivity contribution in [3.63, 3.8) is 0 Å². The summed E-state index contributed by atoms with van der Waals surface area (Å²) in [5.74, 6) is 2.09. The highest BCUT2D eigenvalue weighted by molar-refractivity contribution is 5.00. The van der Waals surface area contributed by atoms with Crippen LogP contribution in [0.3, 0.4) is 0 Å². The lowest BCUT2D eigenvalue weighted by Gasteiger charge is -2.18. The Morgan fingerprint density at radius 2 is 2.17 bits per heavy atom. The maximum atomic E-state index is 5.73. The zero-order valence-corrected chi connectivity index (χ0v) is 11.8. The average molecular weight is 252 g/mol. The van der Waals surface area contributed by atoms with E-state index in [1.807, 2.05) is 0 Å². The van der Waals surface area contributed by atoms with Crippen LogP contribution < -0.4 is 5.73 Å². The van der Waals surface area contributed by atoms with E-state index in [9.17, 15) is 0 Å². The molecule has 2 N–H and O–H groups in total. The molecule has 2 atom stereocenters. The fraction of sp³-hybridized carbons (Fsp3) is 0.846. The Balaban J connectivity index is 2.00. The van der Waals surface area contributed by atoms with E-state index in [0.717, 1.165) is 31.9 Å². The second-order valence-electron chi connectivity index (χ2n) is 6.38. The smallest absolute Gasteiger partial charge is 0.240 e. The van der Waals surface area contributed by atoms with Gasteiger partial charge in [0.25, 0.3) is 0 Å². The summed E-state index contributed by atoms with van der Waals surface area (Å²) in [6.45, 7) is 11.0. The maximum absolute atomic E-state index is 5.73. The van der Waals surface area contributed by atoms with Gasteiger partial charge in [-0.25, -0.2) is 0 Å². The molecule has 0 spiro atoms. The van der Waals surface area contributed by atoms with Crippen LogP contribution in [0, 0.1) is 5.92 Å². The van der Waals surface area contributed by atoms with Gasteiger partial charge in [0.1, 0.15) is 0 Å². The number of hydrogen-bond donors (Lipinski definition) is 1. The fourth-order valence-corrected chi connectivity index (χ4v) is 2.41. The normalized spacial score (nSPS) is 25.8. The number of aromatic nitrogens is 2. The van der Waals surface area contributed by atoms with Crippen molar-refractivity contribution in [2.75, 3.05) is 13.1 Å². The zero-order valence-electron chi connectivity index (χ0n) is 11.8. The Kier molecular flexibility index (Phi) is 3.73. The third-order valence-electron chi connectivity index (χ3n) is 3.60. The van der Waals surface area contributed by atoms with Crippen LogP contribution in [-0.2, 0) is 12.0 Å². The van der Waals surface area contributed by atoms with Crippen LogP contribution in [0.4, 0.5) is 0 Å². The Bertz CT molecular complexity index is 396. The lowest BCUT2D eigenvalue weighted by Crippen LogP contribution is -2.27. The van der Waals surface area contributed by atoms with Gasteiger partial charge in [-0.3, -0.25) is 4.90 Å². The highest BCUT2D eigenvalue weighted by atomic mass is 16.5. The summed E-state index contributed by atoms with van der Waals surface area (Å²) in [7, 11) is 0. The molecule has 1 aromatic heterocycles. The minimum Gasteiger partial charge on any atom is -0.338 e. The first kappa shape index (κ1) is 13.5. The summed E-state index contributed by atoms with van der Waals surface area (Å²) in [6, 6.07) is 0.545. The largest absolute Gasteiger partial charge is 0.338 e. The molecular formula is C13H24N4O. The molecule has 1 fully saturated rings. The Morgan fingerprint density at radius 1 is 1.44 bits per heavy atom. The van der Waals surface area contributed by atoms with Crippen LogP contribution in [0.5, 0.6) is 0 Å². The average Bonchev–Trinajstić information content (AvgIpc) is 2.86. The van der Waals surface area contributed by atoms with E-state index in [-0.39, 0.29) is 5.41 Å². The standard InChI is InChI=1S/C13H24N4O/c1-9-5-10(6-14)7-17(9)8-11-15-12(16-18-11)13(2,3)4/h9-10H,5-8,14H2,1-4H3. The molecule has 5 heteroatoms. The third-order valence-corrected chi connectivity index (χ3v) is 3.60. The van der Waals surface area contributed by atoms with Gasteiger partial charge in [-0.05, 0) is 25.8 Å². The van der Waals surface area contributed by atoms with E-state index < -0.39 is 0 Å². The molecule has 0 aliphatic carbocycles. The van der Waals surface area contributed by atoms with Crippen molar-refractivity contribution < 1.29 is 4.52 Å². The second kappa shape index (κ2) is 4.97. The SMILES string of the molecule is CC1CC(CN)CN1Cc1nc(C(C)(C)C)no1. The molecule has 102 valence electrons. The summed E-state index contributed by atoms with van der Waals surface area (Å²) in [4.78, 5) is 6.85. The lowest BCUT2D eigenvalue weighted by molar-refractivity contribution is 0.217. The van der Waals surface area contributed by atoms with Crippen LogP contribution in [0.15, 0.2) is 4.52 Å². The molecule has 1 aliphatic heterocycles. The highest BCUT2D eigenvalue weighted by Gasteiger charge is 2.30. The molecule has 2 heterocycles. The minimum atomic E-state index is -0.0574. The quantitative estimate of drug-likeness (QED) is 0.883. The van der Waals surface area contributed by atoms with Gasteiger partial charge in [-0.2, -0.15) is 4.98 Å². The summed E-state index contributed by atoms with van der Waals surface area (Å²) in [6.07, 6.45) is 1.16. The van der Waals surface area contributed by atoms with Gasteiger partial charge >= 0.3 is 0 Å². The van der Waals surface area contributed by atoms with E-state index >= 15 is 0 Å². The van der Waals surface area contributed by atoms with Gasteiger partial charge in [0.05, 0.1) is 6.54 Å². The molecule has 0 radical (unpaired) electrons. The van der Waals surface area contributed by atoms with Crippen molar-refractivity contribution >= 4 is 0 Å². The molecule has 18 heavy (non-hydrogen) atoms. The van der Waals surface area contributed by atoms with E-state index in [1.165, 1.54) is 0 Å². The first-order valence-corrected chi connectivity index (χ1v) is 6.67. The Morgan fingerprint density at radius 3 is 2.67 bits per heavy atom. The molecule has 0 amide bonds. The number of likely N-dealkylation sites (tertiary alicyclic amines) is 1. The van der Waals surface area contributed by atoms with Crippen molar-refractivity contribution in [2.24, 2.45) is 11.7 Å². The molecule has 2 rings (SSSR count). The molecule has 1 saturated heterocycles. The fourth-order valence-electron chi connectivity index (χ4n) is 2.41. The Labute approximate surface area is 109 Å². The second-order valence-corrected chi connectivity index (χ2v) is 6.38. The van der Waals surface area contributed by atoms with Gasteiger partial charge < -0.3 is 10.3 Å². The van der Waals surface area contributed by atoms with Crippen molar-refractivity contribution in [3.05, 3.63) is 11.7 Å². The van der Waals surface area contributed by atoms with Crippen LogP contribution >= 0.6 is 0 Å². The van der Waals surface area contributed by atoms with E-state index in [2.05, 4.69) is 42.7 Å². The molecule has 5 nitrogen and oxygen atoms in total. The Hall–Kier alpha value is -0.940. The molecule has 1 aliphatic rings. The first-order valence-electron chi connectivity index (χ1n) is 6.67. The van der Waals surface area contributed by atoms with Crippen molar-refractivity contribution in [3.8, 4) is 0 Å². The zero-order chi connectivity index (χ0) is 13.3. The molecule has 0 aromatic carbocycles. The summed E-state index contributed by atoms with van der Waals surface area (Å²) >= 11 is 0. The minimum absolute atomic E-state index is 0.0574. The number of hydrogen-bond acceptors (Lipinski definition) is 5. The van der Waals surface area contributed by atoms with Crippen LogP contribution in [0.1, 0.15) is 45.8 Å². The summed E-state index contributed by atoms with van der Waals surface area (Å²) in [5, 5.41) is 4.06. The van der Waals surface area contributed by atoms with Gasteiger partial charge in [0.15, 0.2) is 5.82 Å². The van der Waals surface area contributed by atoms with Crippen molar-refractivity contribution in [2.45, 2.75) is 52.1 Å². The number of nitrogens with zero attached hydrogens (tertiary/aromatic N) is 3. The predicted octanol–water partition coefficient (Wildman–Crippen LogP) is 1.54.